The van der Waals surface area contributed by atoms with Crippen molar-refractivity contribution in [2.75, 3.05) is 6.79 Å². The summed E-state index contributed by atoms with van der Waals surface area (Å²) < 4.78 is 21.6. The number of pyridine rings is 1. The Labute approximate surface area is 189 Å². The predicted octanol–water partition coefficient (Wildman–Crippen LogP) is 4.09. The zero-order valence-corrected chi connectivity index (χ0v) is 17.7. The smallest absolute Gasteiger partial charge is 0.339 e. The average Bonchev–Trinajstić information content (AvgIpc) is 3.53. The first kappa shape index (κ1) is 20.6. The number of nitrogens with one attached hydrogen (secondary N) is 1. The normalized spacial score (nSPS) is 13.0. The second-order valence-electron chi connectivity index (χ2n) is 7.50. The maximum atomic E-state index is 13.0. The van der Waals surface area contributed by atoms with Crippen molar-refractivity contribution in [1.82, 2.24) is 10.3 Å². The van der Waals surface area contributed by atoms with Crippen LogP contribution < -0.4 is 14.8 Å². The van der Waals surface area contributed by atoms with Gasteiger partial charge in [0.25, 0.3) is 5.91 Å². The highest BCUT2D eigenvalue weighted by Gasteiger charge is 2.22. The van der Waals surface area contributed by atoms with Gasteiger partial charge < -0.3 is 23.9 Å². The SMILES string of the molecule is C[C@H](OC(=O)c1cc(-c2ccco2)nc2ccccc12)C(=O)NCc1ccc2c(c1)OCO2. The fourth-order valence-corrected chi connectivity index (χ4v) is 3.56. The summed E-state index contributed by atoms with van der Waals surface area (Å²) in [5.41, 5.74) is 2.28. The van der Waals surface area contributed by atoms with Crippen molar-refractivity contribution in [1.29, 1.82) is 0 Å². The maximum absolute atomic E-state index is 13.0. The lowest BCUT2D eigenvalue weighted by Gasteiger charge is -2.15. The Balaban J connectivity index is 1.30. The van der Waals surface area contributed by atoms with Crippen molar-refractivity contribution in [3.05, 3.63) is 78.1 Å². The largest absolute Gasteiger partial charge is 0.463 e. The van der Waals surface area contributed by atoms with E-state index < -0.39 is 18.0 Å². The third-order valence-electron chi connectivity index (χ3n) is 5.27. The number of rotatable bonds is 6. The number of benzene rings is 2. The topological polar surface area (TPSA) is 99.9 Å². The zero-order chi connectivity index (χ0) is 22.8. The van der Waals surface area contributed by atoms with Crippen molar-refractivity contribution in [2.45, 2.75) is 19.6 Å². The van der Waals surface area contributed by atoms with E-state index in [1.54, 1.807) is 42.5 Å². The molecule has 5 rings (SSSR count). The van der Waals surface area contributed by atoms with Crippen LogP contribution in [0.1, 0.15) is 22.8 Å². The van der Waals surface area contributed by atoms with Crippen molar-refractivity contribution in [2.24, 2.45) is 0 Å². The molecule has 0 saturated carbocycles. The van der Waals surface area contributed by atoms with E-state index in [4.69, 9.17) is 18.6 Å². The summed E-state index contributed by atoms with van der Waals surface area (Å²) in [6.07, 6.45) is 0.544. The molecule has 166 valence electrons. The molecule has 0 spiro atoms. The molecule has 1 aliphatic heterocycles. The minimum absolute atomic E-state index is 0.184. The molecule has 1 atom stereocenters. The quantitative estimate of drug-likeness (QED) is 0.447. The highest BCUT2D eigenvalue weighted by molar-refractivity contribution is 6.05. The number of aromatic nitrogens is 1. The summed E-state index contributed by atoms with van der Waals surface area (Å²) in [6.45, 7) is 1.98. The number of nitrogens with zero attached hydrogens (tertiary/aromatic N) is 1. The molecule has 2 aromatic carbocycles. The van der Waals surface area contributed by atoms with Gasteiger partial charge in [-0.2, -0.15) is 0 Å². The molecule has 8 heteroatoms. The van der Waals surface area contributed by atoms with Crippen molar-refractivity contribution >= 4 is 22.8 Å². The first-order chi connectivity index (χ1) is 16.1. The van der Waals surface area contributed by atoms with Crippen LogP contribution in [-0.2, 0) is 16.1 Å². The van der Waals surface area contributed by atoms with Gasteiger partial charge >= 0.3 is 5.97 Å². The van der Waals surface area contributed by atoms with E-state index in [0.29, 0.717) is 39.4 Å². The number of fused-ring (bicyclic) bond motifs is 2. The monoisotopic (exact) mass is 444 g/mol. The van der Waals surface area contributed by atoms with Gasteiger partial charge in [0, 0.05) is 11.9 Å². The molecule has 0 unspecified atom stereocenters. The number of para-hydroxylation sites is 1. The summed E-state index contributed by atoms with van der Waals surface area (Å²) in [5.74, 6) is 0.811. The third-order valence-corrected chi connectivity index (χ3v) is 5.27. The van der Waals surface area contributed by atoms with Crippen LogP contribution in [0.2, 0.25) is 0 Å². The summed E-state index contributed by atoms with van der Waals surface area (Å²) in [7, 11) is 0. The molecule has 1 N–H and O–H groups in total. The number of ether oxygens (including phenoxy) is 3. The Bertz CT molecular complexity index is 1330. The highest BCUT2D eigenvalue weighted by atomic mass is 16.7. The number of hydrogen-bond acceptors (Lipinski definition) is 7. The predicted molar refractivity (Wildman–Crippen MR) is 119 cm³/mol. The van der Waals surface area contributed by atoms with Gasteiger partial charge in [0.2, 0.25) is 6.79 Å². The lowest BCUT2D eigenvalue weighted by Crippen LogP contribution is -2.35. The Morgan fingerprint density at radius 3 is 2.76 bits per heavy atom. The molecule has 0 aliphatic carbocycles. The lowest BCUT2D eigenvalue weighted by atomic mass is 10.1. The van der Waals surface area contributed by atoms with Crippen molar-refractivity contribution in [3.63, 3.8) is 0 Å². The Morgan fingerprint density at radius 1 is 1.06 bits per heavy atom. The molecule has 1 amide bonds. The van der Waals surface area contributed by atoms with Crippen LogP contribution in [0.4, 0.5) is 0 Å². The van der Waals surface area contributed by atoms with Crippen LogP contribution in [0.25, 0.3) is 22.4 Å². The number of esters is 1. The summed E-state index contributed by atoms with van der Waals surface area (Å²) >= 11 is 0. The van der Waals surface area contributed by atoms with Crippen molar-refractivity contribution in [3.8, 4) is 23.0 Å². The van der Waals surface area contributed by atoms with E-state index in [-0.39, 0.29) is 13.3 Å². The van der Waals surface area contributed by atoms with Gasteiger partial charge in [0.1, 0.15) is 5.69 Å². The van der Waals surface area contributed by atoms with Crippen LogP contribution in [0.5, 0.6) is 11.5 Å². The number of hydrogen-bond donors (Lipinski definition) is 1. The van der Waals surface area contributed by atoms with Crippen LogP contribution in [0, 0.1) is 0 Å². The minimum Gasteiger partial charge on any atom is -0.463 e. The molecular formula is C25H20N2O6. The van der Waals surface area contributed by atoms with E-state index in [0.717, 1.165) is 5.56 Å². The summed E-state index contributed by atoms with van der Waals surface area (Å²) in [4.78, 5) is 30.1. The molecule has 0 radical (unpaired) electrons. The van der Waals surface area contributed by atoms with Gasteiger partial charge in [-0.05, 0) is 48.9 Å². The first-order valence-electron chi connectivity index (χ1n) is 10.4. The number of carbonyl (C=O) groups is 2. The van der Waals surface area contributed by atoms with Gasteiger partial charge in [-0.3, -0.25) is 4.79 Å². The van der Waals surface area contributed by atoms with Crippen LogP contribution in [0.15, 0.2) is 71.3 Å². The lowest BCUT2D eigenvalue weighted by molar-refractivity contribution is -0.129. The summed E-state index contributed by atoms with van der Waals surface area (Å²) in [6, 6.07) is 17.8. The van der Waals surface area contributed by atoms with Crippen LogP contribution in [-0.4, -0.2) is 29.8 Å². The number of furan rings is 1. The second kappa shape index (κ2) is 8.66. The van der Waals surface area contributed by atoms with E-state index in [9.17, 15) is 9.59 Å². The molecule has 8 nitrogen and oxygen atoms in total. The van der Waals surface area contributed by atoms with Gasteiger partial charge in [0.15, 0.2) is 23.4 Å². The molecule has 3 heterocycles. The van der Waals surface area contributed by atoms with E-state index in [1.807, 2.05) is 18.2 Å². The van der Waals surface area contributed by atoms with Gasteiger partial charge in [-0.1, -0.05) is 24.3 Å². The molecule has 4 aromatic rings. The first-order valence-corrected chi connectivity index (χ1v) is 10.4. The maximum Gasteiger partial charge on any atom is 0.339 e. The standard InChI is InChI=1S/C25H20N2O6/c1-15(24(28)26-13-16-8-9-22-23(11-16)32-14-31-22)33-25(29)18-12-20(21-7-4-10-30-21)27-19-6-3-2-5-17(18)19/h2-12,15H,13-14H2,1H3,(H,26,28)/t15-/m0/s1. The second-order valence-corrected chi connectivity index (χ2v) is 7.50. The molecular weight excluding hydrogens is 424 g/mol. The Morgan fingerprint density at radius 2 is 1.91 bits per heavy atom. The molecule has 0 bridgehead atoms. The zero-order valence-electron chi connectivity index (χ0n) is 17.7. The highest BCUT2D eigenvalue weighted by Crippen LogP contribution is 2.32. The van der Waals surface area contributed by atoms with Gasteiger partial charge in [0.05, 0.1) is 17.3 Å². The molecule has 1 aliphatic rings. The van der Waals surface area contributed by atoms with E-state index in [1.165, 1.54) is 13.2 Å². The Kier molecular flexibility index (Phi) is 5.40. The fourth-order valence-electron chi connectivity index (χ4n) is 3.56. The van der Waals surface area contributed by atoms with Crippen LogP contribution in [0.3, 0.4) is 0 Å². The van der Waals surface area contributed by atoms with Gasteiger partial charge in [-0.15, -0.1) is 0 Å². The minimum atomic E-state index is -0.995. The third kappa shape index (κ3) is 4.23. The van der Waals surface area contributed by atoms with Gasteiger partial charge in [-0.25, -0.2) is 9.78 Å². The number of carbonyl (C=O) groups excluding carboxylic acids is 2. The van der Waals surface area contributed by atoms with Crippen molar-refractivity contribution < 1.29 is 28.2 Å². The van der Waals surface area contributed by atoms with Crippen LogP contribution >= 0.6 is 0 Å². The Hall–Kier alpha value is -4.33. The summed E-state index contributed by atoms with van der Waals surface area (Å²) in [5, 5.41) is 3.41. The number of amides is 1. The molecule has 2 aromatic heterocycles. The molecule has 0 saturated heterocycles. The fraction of sp³-hybridized carbons (Fsp3) is 0.160. The average molecular weight is 444 g/mol. The molecule has 0 fully saturated rings. The van der Waals surface area contributed by atoms with E-state index in [2.05, 4.69) is 10.3 Å². The van der Waals surface area contributed by atoms with E-state index >= 15 is 0 Å². The molecule has 33 heavy (non-hydrogen) atoms.